The lowest BCUT2D eigenvalue weighted by Gasteiger charge is -2.26. The molecule has 1 aromatic heterocycles. The van der Waals surface area contributed by atoms with Gasteiger partial charge in [-0.2, -0.15) is 22.0 Å². The molecule has 27 heteroatoms. The summed E-state index contributed by atoms with van der Waals surface area (Å²) >= 11 is 1.45. The van der Waals surface area contributed by atoms with E-state index in [4.69, 9.17) is 26.7 Å². The quantitative estimate of drug-likeness (QED) is 0.0112. The second-order valence-electron chi connectivity index (χ2n) is 18.7. The molecule has 0 saturated heterocycles. The number of fused-ring (bicyclic) bond motifs is 1. The number of nitrogens with two attached hydrogens (primary N) is 2. The van der Waals surface area contributed by atoms with Crippen LogP contribution in [0, 0.1) is 16.7 Å². The van der Waals surface area contributed by atoms with Crippen molar-refractivity contribution in [1.29, 1.82) is 10.8 Å². The lowest BCUT2D eigenvalue weighted by molar-refractivity contribution is -0.133. The van der Waals surface area contributed by atoms with Crippen LogP contribution in [0.3, 0.4) is 0 Å². The molecular weight excluding hydrogens is 1040 g/mol. The fourth-order valence-electron chi connectivity index (χ4n) is 7.58. The smallest absolute Gasteiger partial charge is 0.349 e. The number of nitrogens with zero attached hydrogens (tertiary/aromatic N) is 3. The number of phenols is 1. The molecule has 4 aromatic rings. The van der Waals surface area contributed by atoms with Crippen LogP contribution in [-0.4, -0.2) is 141 Å². The molecular formula is C52H72N16O10S. The standard InChI is InChI=1S/C52H72N16O10S/c1-30(2)26-41(65-48(75)39(9-7-22-60-52(55)56)63-45(72)37-27-32-12-19-36(69)28-42(32)78-50(37)77)49(76)64-38(8-6-21-59-51(53)54)47(74)61-29-43(70)62-40(20-25-79-5)46(73)58-24-23-57-44(71)31-10-13-33(14-11-31)66-67-34-15-17-35(18-16-34)68(3)4/h10-19,27-28,30,38-41,69H,6-9,20-26,29H2,1-5H3,(H,57,71)(H,58,73)(H,61,74)(H,62,70)(H,63,72)(H,64,76)(H,65,75)(H4,53,54,59)(H4,55,56,60)/b67-66+/t38-,39-,40-,41-/m0/s1. The minimum absolute atomic E-state index is 0.0166. The molecule has 0 saturated carbocycles. The zero-order chi connectivity index (χ0) is 58.0. The van der Waals surface area contributed by atoms with Crippen LogP contribution in [0.4, 0.5) is 17.1 Å². The van der Waals surface area contributed by atoms with E-state index in [0.29, 0.717) is 28.1 Å². The Morgan fingerprint density at radius 3 is 1.77 bits per heavy atom. The summed E-state index contributed by atoms with van der Waals surface area (Å²) in [6.07, 6.45) is 2.47. The number of hydrogen-bond donors (Lipinski definition) is 14. The van der Waals surface area contributed by atoms with Crippen LogP contribution < -0.4 is 69.8 Å². The first-order valence-electron chi connectivity index (χ1n) is 25.4. The van der Waals surface area contributed by atoms with Gasteiger partial charge in [-0.25, -0.2) is 4.79 Å². The molecule has 426 valence electrons. The minimum Gasteiger partial charge on any atom is -0.508 e. The van der Waals surface area contributed by atoms with E-state index in [-0.39, 0.29) is 99.8 Å². The van der Waals surface area contributed by atoms with Crippen molar-refractivity contribution < 1.29 is 43.1 Å². The first kappa shape index (κ1) is 62.8. The van der Waals surface area contributed by atoms with Crippen molar-refractivity contribution in [1.82, 2.24) is 47.9 Å². The van der Waals surface area contributed by atoms with Crippen molar-refractivity contribution in [2.45, 2.75) is 76.5 Å². The van der Waals surface area contributed by atoms with Crippen molar-refractivity contribution in [2.75, 3.05) is 63.7 Å². The molecule has 0 spiro atoms. The molecule has 7 amide bonds. The Hall–Kier alpha value is -8.75. The van der Waals surface area contributed by atoms with Gasteiger partial charge in [0.2, 0.25) is 29.5 Å². The molecule has 0 fully saturated rings. The Balaban J connectivity index is 1.37. The highest BCUT2D eigenvalue weighted by Crippen LogP contribution is 2.22. The summed E-state index contributed by atoms with van der Waals surface area (Å²) in [6, 6.07) is 14.4. The van der Waals surface area contributed by atoms with Gasteiger partial charge in [-0.15, -0.1) is 0 Å². The normalized spacial score (nSPS) is 12.5. The highest BCUT2D eigenvalue weighted by Gasteiger charge is 2.31. The number of azo groups is 1. The van der Waals surface area contributed by atoms with Crippen LogP contribution in [0.25, 0.3) is 11.0 Å². The van der Waals surface area contributed by atoms with Crippen LogP contribution in [0.5, 0.6) is 5.75 Å². The summed E-state index contributed by atoms with van der Waals surface area (Å²) in [5.41, 5.74) is 12.0. The third-order valence-electron chi connectivity index (χ3n) is 11.7. The molecule has 0 aliphatic heterocycles. The molecule has 0 unspecified atom stereocenters. The molecule has 0 aliphatic carbocycles. The predicted octanol–water partition coefficient (Wildman–Crippen LogP) is 1.52. The van der Waals surface area contributed by atoms with E-state index < -0.39 is 77.3 Å². The number of rotatable bonds is 31. The van der Waals surface area contributed by atoms with Gasteiger partial charge < -0.3 is 73.7 Å². The molecule has 3 aromatic carbocycles. The molecule has 4 atom stereocenters. The van der Waals surface area contributed by atoms with E-state index in [1.165, 1.54) is 36.0 Å². The van der Waals surface area contributed by atoms with Gasteiger partial charge in [-0.1, -0.05) is 13.8 Å². The molecule has 1 heterocycles. The van der Waals surface area contributed by atoms with E-state index in [2.05, 4.69) is 58.1 Å². The van der Waals surface area contributed by atoms with Gasteiger partial charge in [0.25, 0.3) is 11.8 Å². The minimum atomic E-state index is -1.34. The second kappa shape index (κ2) is 32.1. The molecule has 0 radical (unpaired) electrons. The summed E-state index contributed by atoms with van der Waals surface area (Å²) < 4.78 is 5.24. The third-order valence-corrected chi connectivity index (χ3v) is 12.3. The summed E-state index contributed by atoms with van der Waals surface area (Å²) in [5, 5.41) is 57.3. The Labute approximate surface area is 461 Å². The van der Waals surface area contributed by atoms with E-state index in [0.717, 1.165) is 5.69 Å². The number of carbonyl (C=O) groups is 7. The van der Waals surface area contributed by atoms with Crippen LogP contribution in [-0.2, 0) is 24.0 Å². The number of aromatic hydroxyl groups is 1. The Kier molecular flexibility index (Phi) is 25.5. The van der Waals surface area contributed by atoms with Crippen LogP contribution in [0.2, 0.25) is 0 Å². The Bertz CT molecular complexity index is 2850. The fraction of sp³-hybridized carbons (Fsp3) is 0.423. The number of nitrogens with one attached hydrogen (secondary N) is 11. The number of anilines is 1. The topological polar surface area (TPSA) is 406 Å². The van der Waals surface area contributed by atoms with Crippen molar-refractivity contribution in [3.05, 3.63) is 94.3 Å². The van der Waals surface area contributed by atoms with E-state index in [1.807, 2.05) is 49.5 Å². The van der Waals surface area contributed by atoms with Gasteiger partial charge in [0.15, 0.2) is 11.9 Å². The number of phenolic OH excluding ortho intramolecular Hbond substituents is 1. The number of amides is 7. The number of carbonyl (C=O) groups excluding carboxylic acids is 7. The number of thioether (sulfide) groups is 1. The van der Waals surface area contributed by atoms with Crippen LogP contribution in [0.15, 0.2) is 92.2 Å². The molecule has 16 N–H and O–H groups in total. The molecule has 4 rings (SSSR count). The van der Waals surface area contributed by atoms with Crippen molar-refractivity contribution in [3.63, 3.8) is 0 Å². The predicted molar refractivity (Wildman–Crippen MR) is 302 cm³/mol. The van der Waals surface area contributed by atoms with Gasteiger partial charge in [-0.3, -0.25) is 44.4 Å². The maximum atomic E-state index is 14.1. The van der Waals surface area contributed by atoms with E-state index in [1.54, 1.807) is 38.1 Å². The van der Waals surface area contributed by atoms with E-state index in [9.17, 15) is 43.5 Å². The number of hydrogen-bond acceptors (Lipinski definition) is 16. The van der Waals surface area contributed by atoms with Crippen molar-refractivity contribution in [2.24, 2.45) is 27.6 Å². The van der Waals surface area contributed by atoms with Gasteiger partial charge in [-0.05, 0) is 123 Å². The van der Waals surface area contributed by atoms with Crippen molar-refractivity contribution in [3.8, 4) is 5.75 Å². The summed E-state index contributed by atoms with van der Waals surface area (Å²) in [6.45, 7) is 3.38. The lowest BCUT2D eigenvalue weighted by Crippen LogP contribution is -2.57. The third kappa shape index (κ3) is 22.0. The zero-order valence-corrected chi connectivity index (χ0v) is 45.6. The molecule has 26 nitrogen and oxygen atoms in total. The van der Waals surface area contributed by atoms with Gasteiger partial charge in [0, 0.05) is 63.0 Å². The maximum Gasteiger partial charge on any atom is 0.349 e. The Morgan fingerprint density at radius 2 is 1.19 bits per heavy atom. The Morgan fingerprint density at radius 1 is 0.646 bits per heavy atom. The lowest BCUT2D eigenvalue weighted by atomic mass is 10.0. The zero-order valence-electron chi connectivity index (χ0n) is 44.8. The summed E-state index contributed by atoms with van der Waals surface area (Å²) in [7, 11) is 3.88. The van der Waals surface area contributed by atoms with Crippen LogP contribution >= 0.6 is 11.8 Å². The molecule has 0 bridgehead atoms. The molecule has 0 aliphatic rings. The second-order valence-corrected chi connectivity index (χ2v) is 19.7. The highest BCUT2D eigenvalue weighted by molar-refractivity contribution is 7.98. The summed E-state index contributed by atoms with van der Waals surface area (Å²) in [4.78, 5) is 110. The van der Waals surface area contributed by atoms with Gasteiger partial charge >= 0.3 is 5.63 Å². The largest absolute Gasteiger partial charge is 0.508 e. The maximum absolute atomic E-state index is 14.1. The van der Waals surface area contributed by atoms with Crippen LogP contribution in [0.1, 0.15) is 73.1 Å². The highest BCUT2D eigenvalue weighted by atomic mass is 32.2. The molecule has 79 heavy (non-hydrogen) atoms. The van der Waals surface area contributed by atoms with E-state index >= 15 is 0 Å². The first-order valence-corrected chi connectivity index (χ1v) is 26.8. The summed E-state index contributed by atoms with van der Waals surface area (Å²) in [5.74, 6) is -5.47. The first-order chi connectivity index (χ1) is 37.6. The average Bonchev–Trinajstić information content (AvgIpc) is 3.45. The number of benzene rings is 3. The van der Waals surface area contributed by atoms with Crippen molar-refractivity contribution >= 4 is 93.1 Å². The monoisotopic (exact) mass is 1110 g/mol. The SMILES string of the molecule is CSCC[C@H](NC(=O)CNC(=O)[C@H](CCCNC(=N)N)NC(=O)[C@H](CC(C)C)NC(=O)[C@H](CCCNC(=N)N)NC(=O)c1cc2ccc(O)cc2oc1=O)C(=O)NCCNC(=O)c1ccc(/N=N/c2ccc(N(C)C)cc2)cc1. The average molecular weight is 1110 g/mol. The number of guanidine groups is 2. The van der Waals surface area contributed by atoms with Gasteiger partial charge in [0.1, 0.15) is 41.1 Å². The van der Waals surface area contributed by atoms with Gasteiger partial charge in [0.05, 0.1) is 17.9 Å². The fourth-order valence-corrected chi connectivity index (χ4v) is 8.05.